The quantitative estimate of drug-likeness (QED) is 0.257. The zero-order chi connectivity index (χ0) is 24.6. The van der Waals surface area contributed by atoms with Crippen LogP contribution in [0.1, 0.15) is 61.8 Å². The maximum Gasteiger partial charge on any atom is 0.229 e. The molecule has 33 heavy (non-hydrogen) atoms. The van der Waals surface area contributed by atoms with Gasteiger partial charge < -0.3 is 30.2 Å². The SMILES string of the molecule is CC(C)COCCCNc1nc(NCC(C)OCC(C)C)nc(NCC(C)OCC(C)C)n1. The van der Waals surface area contributed by atoms with E-state index in [-0.39, 0.29) is 12.2 Å². The molecule has 192 valence electrons. The molecule has 1 aromatic rings. The Hall–Kier alpha value is -1.71. The molecule has 1 rings (SSSR count). The van der Waals surface area contributed by atoms with Crippen LogP contribution in [0.25, 0.3) is 0 Å². The Morgan fingerprint density at radius 1 is 0.606 bits per heavy atom. The summed E-state index contributed by atoms with van der Waals surface area (Å²) in [6.07, 6.45) is 0.989. The summed E-state index contributed by atoms with van der Waals surface area (Å²) in [6, 6.07) is 0. The van der Waals surface area contributed by atoms with Gasteiger partial charge in [0.1, 0.15) is 0 Å². The highest BCUT2D eigenvalue weighted by molar-refractivity contribution is 5.42. The minimum Gasteiger partial charge on any atom is -0.381 e. The molecular weight excluding hydrogens is 420 g/mol. The summed E-state index contributed by atoms with van der Waals surface area (Å²) in [5, 5.41) is 9.84. The van der Waals surface area contributed by atoms with Crippen molar-refractivity contribution in [2.75, 3.05) is 62.0 Å². The van der Waals surface area contributed by atoms with Crippen molar-refractivity contribution in [3.05, 3.63) is 0 Å². The first-order valence-corrected chi connectivity index (χ1v) is 12.4. The lowest BCUT2D eigenvalue weighted by Crippen LogP contribution is -2.25. The number of ether oxygens (including phenoxy) is 3. The lowest BCUT2D eigenvalue weighted by Gasteiger charge is -2.17. The van der Waals surface area contributed by atoms with Gasteiger partial charge in [-0.15, -0.1) is 0 Å². The van der Waals surface area contributed by atoms with Crippen LogP contribution in [0.4, 0.5) is 17.8 Å². The van der Waals surface area contributed by atoms with Gasteiger partial charge in [-0.25, -0.2) is 0 Å². The summed E-state index contributed by atoms with van der Waals surface area (Å²) in [4.78, 5) is 13.6. The number of hydrogen-bond acceptors (Lipinski definition) is 9. The van der Waals surface area contributed by atoms with Gasteiger partial charge in [0.2, 0.25) is 17.8 Å². The van der Waals surface area contributed by atoms with Gasteiger partial charge in [0.25, 0.3) is 0 Å². The van der Waals surface area contributed by atoms with E-state index in [4.69, 9.17) is 14.2 Å². The van der Waals surface area contributed by atoms with Crippen LogP contribution in [-0.4, -0.2) is 73.2 Å². The van der Waals surface area contributed by atoms with Gasteiger partial charge in [-0.2, -0.15) is 15.0 Å². The number of rotatable bonds is 19. The molecule has 9 heteroatoms. The highest BCUT2D eigenvalue weighted by atomic mass is 16.5. The average Bonchev–Trinajstić information content (AvgIpc) is 2.75. The molecule has 1 heterocycles. The van der Waals surface area contributed by atoms with E-state index in [0.29, 0.717) is 55.3 Å². The van der Waals surface area contributed by atoms with E-state index in [1.54, 1.807) is 0 Å². The molecule has 0 aliphatic rings. The van der Waals surface area contributed by atoms with Crippen molar-refractivity contribution in [1.29, 1.82) is 0 Å². The second-order valence-corrected chi connectivity index (χ2v) is 9.89. The molecule has 0 radical (unpaired) electrons. The number of hydrogen-bond donors (Lipinski definition) is 3. The standard InChI is InChI=1S/C24H48N6O3/c1-17(2)14-31-11-9-10-25-22-28-23(26-12-20(7)32-15-18(3)4)30-24(29-22)27-13-21(8)33-16-19(5)6/h17-21H,9-16H2,1-8H3,(H3,25,26,27,28,29,30). The van der Waals surface area contributed by atoms with Crippen molar-refractivity contribution < 1.29 is 14.2 Å². The average molecular weight is 469 g/mol. The van der Waals surface area contributed by atoms with E-state index in [2.05, 4.69) is 72.4 Å². The lowest BCUT2D eigenvalue weighted by atomic mass is 10.2. The monoisotopic (exact) mass is 468 g/mol. The maximum absolute atomic E-state index is 5.83. The van der Waals surface area contributed by atoms with Gasteiger partial charge in [0.05, 0.1) is 12.2 Å². The van der Waals surface area contributed by atoms with Crippen LogP contribution < -0.4 is 16.0 Å². The van der Waals surface area contributed by atoms with Crippen molar-refractivity contribution in [2.45, 2.75) is 74.0 Å². The molecule has 2 atom stereocenters. The van der Waals surface area contributed by atoms with E-state index in [1.807, 2.05) is 13.8 Å². The van der Waals surface area contributed by atoms with Gasteiger partial charge in [0.15, 0.2) is 0 Å². The van der Waals surface area contributed by atoms with Crippen molar-refractivity contribution in [1.82, 2.24) is 15.0 Å². The summed E-state index contributed by atoms with van der Waals surface area (Å²) in [7, 11) is 0. The molecule has 2 unspecified atom stereocenters. The van der Waals surface area contributed by atoms with Crippen molar-refractivity contribution in [3.63, 3.8) is 0 Å². The van der Waals surface area contributed by atoms with Crippen molar-refractivity contribution in [3.8, 4) is 0 Å². The molecule has 0 saturated carbocycles. The fourth-order valence-electron chi connectivity index (χ4n) is 2.61. The summed E-state index contributed by atoms with van der Waals surface area (Å²) in [5.41, 5.74) is 0. The van der Waals surface area contributed by atoms with E-state index in [9.17, 15) is 0 Å². The van der Waals surface area contributed by atoms with Gasteiger partial charge in [-0.05, 0) is 38.0 Å². The highest BCUT2D eigenvalue weighted by Crippen LogP contribution is 2.11. The molecule has 3 N–H and O–H groups in total. The normalized spacial score (nSPS) is 13.5. The van der Waals surface area contributed by atoms with Crippen molar-refractivity contribution in [2.24, 2.45) is 17.8 Å². The Bertz CT molecular complexity index is 590. The zero-order valence-corrected chi connectivity index (χ0v) is 22.1. The molecule has 0 spiro atoms. The van der Waals surface area contributed by atoms with Gasteiger partial charge in [-0.3, -0.25) is 0 Å². The van der Waals surface area contributed by atoms with Crippen LogP contribution in [0.3, 0.4) is 0 Å². The Balaban J connectivity index is 2.66. The predicted molar refractivity (Wildman–Crippen MR) is 136 cm³/mol. The second kappa shape index (κ2) is 16.8. The molecule has 0 aliphatic heterocycles. The predicted octanol–water partition coefficient (Wildman–Crippen LogP) is 4.29. The largest absolute Gasteiger partial charge is 0.381 e. The molecule has 0 fully saturated rings. The van der Waals surface area contributed by atoms with E-state index in [0.717, 1.165) is 32.8 Å². The highest BCUT2D eigenvalue weighted by Gasteiger charge is 2.11. The zero-order valence-electron chi connectivity index (χ0n) is 22.1. The minimum absolute atomic E-state index is 0.0551. The van der Waals surface area contributed by atoms with E-state index < -0.39 is 0 Å². The Morgan fingerprint density at radius 2 is 1.03 bits per heavy atom. The molecule has 0 bridgehead atoms. The molecule has 0 aromatic carbocycles. The van der Waals surface area contributed by atoms with E-state index in [1.165, 1.54) is 0 Å². The smallest absolute Gasteiger partial charge is 0.229 e. The van der Waals surface area contributed by atoms with Crippen LogP contribution in [0.15, 0.2) is 0 Å². The third-order valence-electron chi connectivity index (χ3n) is 4.36. The third kappa shape index (κ3) is 15.7. The lowest BCUT2D eigenvalue weighted by molar-refractivity contribution is 0.0554. The molecule has 1 aromatic heterocycles. The summed E-state index contributed by atoms with van der Waals surface area (Å²) >= 11 is 0. The summed E-state index contributed by atoms with van der Waals surface area (Å²) in [5.74, 6) is 3.11. The minimum atomic E-state index is 0.0551. The van der Waals surface area contributed by atoms with Gasteiger partial charge >= 0.3 is 0 Å². The number of nitrogens with one attached hydrogen (secondary N) is 3. The first-order valence-electron chi connectivity index (χ1n) is 12.4. The maximum atomic E-state index is 5.83. The first-order chi connectivity index (χ1) is 15.7. The topological polar surface area (TPSA) is 102 Å². The molecular formula is C24H48N6O3. The third-order valence-corrected chi connectivity index (χ3v) is 4.36. The molecule has 0 aliphatic carbocycles. The first kappa shape index (κ1) is 29.3. The van der Waals surface area contributed by atoms with Crippen LogP contribution in [0, 0.1) is 17.8 Å². The Kier molecular flexibility index (Phi) is 15.0. The number of anilines is 3. The van der Waals surface area contributed by atoms with Gasteiger partial charge in [0, 0.05) is 46.1 Å². The fraction of sp³-hybridized carbons (Fsp3) is 0.875. The van der Waals surface area contributed by atoms with Crippen LogP contribution in [-0.2, 0) is 14.2 Å². The number of aromatic nitrogens is 3. The van der Waals surface area contributed by atoms with Crippen LogP contribution >= 0.6 is 0 Å². The summed E-state index contributed by atoms with van der Waals surface area (Å²) < 4.78 is 17.3. The molecule has 0 saturated heterocycles. The second-order valence-electron chi connectivity index (χ2n) is 9.89. The van der Waals surface area contributed by atoms with Gasteiger partial charge in [-0.1, -0.05) is 41.5 Å². The molecule has 0 amide bonds. The van der Waals surface area contributed by atoms with E-state index >= 15 is 0 Å². The Labute approximate surface area is 201 Å². The summed E-state index contributed by atoms with van der Waals surface area (Å²) in [6.45, 7) is 21.9. The fourth-order valence-corrected chi connectivity index (χ4v) is 2.61. The van der Waals surface area contributed by atoms with Crippen molar-refractivity contribution >= 4 is 17.8 Å². The van der Waals surface area contributed by atoms with Crippen LogP contribution in [0.5, 0.6) is 0 Å². The molecule has 9 nitrogen and oxygen atoms in total. The van der Waals surface area contributed by atoms with Crippen LogP contribution in [0.2, 0.25) is 0 Å². The number of nitrogens with zero attached hydrogens (tertiary/aromatic N) is 3. The Morgan fingerprint density at radius 3 is 1.45 bits per heavy atom.